The summed E-state index contributed by atoms with van der Waals surface area (Å²) in [4.78, 5) is 27.9. The van der Waals surface area contributed by atoms with Gasteiger partial charge in [-0.1, -0.05) is 19.9 Å². The molecule has 212 valence electrons. The van der Waals surface area contributed by atoms with Gasteiger partial charge in [0.1, 0.15) is 5.82 Å². The molecule has 4 aromatic heterocycles. The van der Waals surface area contributed by atoms with Gasteiger partial charge in [0, 0.05) is 37.4 Å². The quantitative estimate of drug-likeness (QED) is 0.263. The highest BCUT2D eigenvalue weighted by atomic mass is 32.1. The largest absolute Gasteiger partial charge is 0.369 e. The summed E-state index contributed by atoms with van der Waals surface area (Å²) in [6.45, 7) is 9.00. The van der Waals surface area contributed by atoms with Crippen LogP contribution in [-0.4, -0.2) is 93.1 Å². The Bertz CT molecular complexity index is 1450. The zero-order valence-electron chi connectivity index (χ0n) is 22.9. The topological polar surface area (TPSA) is 90.7 Å². The lowest BCUT2D eigenvalue weighted by Crippen LogP contribution is -2.57. The van der Waals surface area contributed by atoms with Crippen LogP contribution in [0.1, 0.15) is 31.1 Å². The van der Waals surface area contributed by atoms with Gasteiger partial charge in [0.2, 0.25) is 0 Å². The molecule has 1 aliphatic rings. The minimum absolute atomic E-state index is 0.187. The lowest BCUT2D eigenvalue weighted by Gasteiger charge is -2.38. The molecule has 0 aromatic carbocycles. The van der Waals surface area contributed by atoms with Crippen molar-refractivity contribution in [3.63, 3.8) is 0 Å². The van der Waals surface area contributed by atoms with Crippen molar-refractivity contribution in [2.75, 3.05) is 51.1 Å². The molecule has 5 rings (SSSR count). The predicted molar refractivity (Wildman–Crippen MR) is 154 cm³/mol. The summed E-state index contributed by atoms with van der Waals surface area (Å²) in [7, 11) is 0. The summed E-state index contributed by atoms with van der Waals surface area (Å²) >= 11 is 1.60. The highest BCUT2D eigenvalue weighted by Crippen LogP contribution is 2.29. The first-order valence-corrected chi connectivity index (χ1v) is 14.4. The van der Waals surface area contributed by atoms with Crippen LogP contribution in [0.4, 0.5) is 14.6 Å². The minimum Gasteiger partial charge on any atom is -0.369 e. The van der Waals surface area contributed by atoms with Gasteiger partial charge in [-0.05, 0) is 49.7 Å². The molecule has 9 nitrogen and oxygen atoms in total. The third kappa shape index (κ3) is 6.29. The maximum Gasteiger partial charge on any atom is 0.272 e. The number of fused-ring (bicyclic) bond motifs is 1. The lowest BCUT2D eigenvalue weighted by atomic mass is 10.1. The molecule has 1 saturated heterocycles. The summed E-state index contributed by atoms with van der Waals surface area (Å²) < 4.78 is 28.1. The fraction of sp³-hybridized carbons (Fsp3) is 0.429. The van der Waals surface area contributed by atoms with Crippen LogP contribution >= 0.6 is 11.3 Å². The van der Waals surface area contributed by atoms with Gasteiger partial charge in [-0.3, -0.25) is 14.6 Å². The monoisotopic (exact) mass is 568 g/mol. The molecule has 1 atom stereocenters. The Balaban J connectivity index is 1.41. The SMILES string of the molecule is CCN(CC)[C@@H](C)CNC(=O)c1cc(NCCN2CC(F)(F)C2)nc(-c2cnn3ccc(-c4cccs4)nc23)c1. The zero-order valence-corrected chi connectivity index (χ0v) is 23.7. The molecule has 0 saturated carbocycles. The predicted octanol–water partition coefficient (Wildman–Crippen LogP) is 4.34. The first kappa shape index (κ1) is 28.1. The number of pyridine rings is 1. The highest BCUT2D eigenvalue weighted by molar-refractivity contribution is 7.13. The first-order valence-electron chi connectivity index (χ1n) is 13.5. The van der Waals surface area contributed by atoms with Gasteiger partial charge in [0.05, 0.1) is 41.1 Å². The summed E-state index contributed by atoms with van der Waals surface area (Å²) in [5, 5.41) is 12.7. The number of halogens is 2. The molecule has 2 N–H and O–H groups in total. The van der Waals surface area contributed by atoms with E-state index >= 15 is 0 Å². The van der Waals surface area contributed by atoms with Gasteiger partial charge in [0.25, 0.3) is 11.8 Å². The number of hydrogen-bond acceptors (Lipinski definition) is 8. The van der Waals surface area contributed by atoms with E-state index in [1.807, 2.05) is 29.8 Å². The summed E-state index contributed by atoms with van der Waals surface area (Å²) in [5.74, 6) is -2.33. The number of thiophene rings is 1. The normalized spacial score (nSPS) is 15.8. The number of hydrogen-bond donors (Lipinski definition) is 2. The molecule has 1 amide bonds. The number of carbonyl (C=O) groups is 1. The molecule has 0 bridgehead atoms. The lowest BCUT2D eigenvalue weighted by molar-refractivity contribution is -0.128. The second-order valence-electron chi connectivity index (χ2n) is 10.0. The molecule has 40 heavy (non-hydrogen) atoms. The van der Waals surface area contributed by atoms with Crippen LogP contribution in [0.2, 0.25) is 0 Å². The van der Waals surface area contributed by atoms with Gasteiger partial charge in [-0.15, -0.1) is 11.3 Å². The van der Waals surface area contributed by atoms with Crippen molar-refractivity contribution in [3.8, 4) is 21.8 Å². The number of alkyl halides is 2. The number of nitrogens with zero attached hydrogens (tertiary/aromatic N) is 6. The smallest absolute Gasteiger partial charge is 0.272 e. The van der Waals surface area contributed by atoms with E-state index in [0.29, 0.717) is 47.9 Å². The fourth-order valence-electron chi connectivity index (χ4n) is 4.93. The zero-order chi connectivity index (χ0) is 28.3. The van der Waals surface area contributed by atoms with Crippen LogP contribution in [0.15, 0.2) is 48.1 Å². The number of nitrogens with one attached hydrogen (secondary N) is 2. The van der Waals surface area contributed by atoms with Crippen LogP contribution in [0.5, 0.6) is 0 Å². The van der Waals surface area contributed by atoms with E-state index in [-0.39, 0.29) is 25.0 Å². The van der Waals surface area contributed by atoms with Crippen molar-refractivity contribution in [2.45, 2.75) is 32.7 Å². The molecule has 1 aliphatic heterocycles. The average molecular weight is 569 g/mol. The van der Waals surface area contributed by atoms with Crippen LogP contribution in [0.25, 0.3) is 27.5 Å². The molecule has 0 unspecified atom stereocenters. The second-order valence-corrected chi connectivity index (χ2v) is 11.0. The Morgan fingerprint density at radius 2 is 1.98 bits per heavy atom. The Hall–Kier alpha value is -3.48. The van der Waals surface area contributed by atoms with E-state index in [1.165, 1.54) is 0 Å². The fourth-order valence-corrected chi connectivity index (χ4v) is 5.62. The van der Waals surface area contributed by atoms with Crippen LogP contribution in [-0.2, 0) is 0 Å². The maximum atomic E-state index is 13.3. The third-order valence-corrected chi connectivity index (χ3v) is 8.04. The Morgan fingerprint density at radius 3 is 2.67 bits per heavy atom. The number of likely N-dealkylation sites (tertiary alicyclic amines) is 1. The van der Waals surface area contributed by atoms with E-state index in [2.05, 4.69) is 41.4 Å². The van der Waals surface area contributed by atoms with Crippen LogP contribution < -0.4 is 10.6 Å². The molecular formula is C28H34F2N8OS. The highest BCUT2D eigenvalue weighted by Gasteiger charge is 2.43. The van der Waals surface area contributed by atoms with E-state index in [9.17, 15) is 13.6 Å². The number of aromatic nitrogens is 4. The maximum absolute atomic E-state index is 13.3. The third-order valence-electron chi connectivity index (χ3n) is 7.14. The first-order chi connectivity index (χ1) is 19.3. The molecular weight excluding hydrogens is 534 g/mol. The molecule has 0 aliphatic carbocycles. The number of anilines is 1. The van der Waals surface area contributed by atoms with E-state index in [4.69, 9.17) is 9.97 Å². The van der Waals surface area contributed by atoms with Crippen molar-refractivity contribution in [1.29, 1.82) is 0 Å². The molecule has 12 heteroatoms. The molecule has 5 heterocycles. The van der Waals surface area contributed by atoms with Gasteiger partial charge < -0.3 is 10.6 Å². The van der Waals surface area contributed by atoms with Crippen LogP contribution in [0.3, 0.4) is 0 Å². The van der Waals surface area contributed by atoms with E-state index in [0.717, 1.165) is 23.7 Å². The minimum atomic E-state index is -2.61. The number of likely N-dealkylation sites (N-methyl/N-ethyl adjacent to an activating group) is 1. The van der Waals surface area contributed by atoms with Crippen molar-refractivity contribution < 1.29 is 13.6 Å². The van der Waals surface area contributed by atoms with Gasteiger partial charge in [-0.25, -0.2) is 23.3 Å². The number of rotatable bonds is 12. The van der Waals surface area contributed by atoms with Crippen LogP contribution in [0, 0.1) is 0 Å². The summed E-state index contributed by atoms with van der Waals surface area (Å²) in [6.07, 6.45) is 3.55. The molecule has 4 aromatic rings. The van der Waals surface area contributed by atoms with Gasteiger partial charge >= 0.3 is 0 Å². The van der Waals surface area contributed by atoms with Crippen molar-refractivity contribution in [2.24, 2.45) is 0 Å². The van der Waals surface area contributed by atoms with E-state index in [1.54, 1.807) is 39.1 Å². The van der Waals surface area contributed by atoms with Crippen molar-refractivity contribution >= 4 is 28.7 Å². The Labute approximate surface area is 236 Å². The number of amides is 1. The van der Waals surface area contributed by atoms with Crippen molar-refractivity contribution in [3.05, 3.63) is 53.7 Å². The Kier molecular flexibility index (Phi) is 8.38. The summed E-state index contributed by atoms with van der Waals surface area (Å²) in [5.41, 5.74) is 3.14. The average Bonchev–Trinajstić information content (AvgIpc) is 3.61. The molecule has 0 spiro atoms. The van der Waals surface area contributed by atoms with Gasteiger partial charge in [-0.2, -0.15) is 5.10 Å². The second kappa shape index (κ2) is 11.9. The number of carbonyl (C=O) groups excluding carboxylic acids is 1. The standard InChI is InChI=1S/C28H34F2N8OS/c1-4-37(5-2)19(3)15-32-27(39)20-13-23(34-25(14-20)31-9-11-36-17-28(29,30)18-36)21-16-33-38-10-8-22(35-26(21)38)24-7-6-12-40-24/h6-8,10,12-14,16,19H,4-5,9,11,15,17-18H2,1-3H3,(H,31,34)(H,32,39)/t19-/m0/s1. The van der Waals surface area contributed by atoms with E-state index < -0.39 is 5.92 Å². The molecule has 0 radical (unpaired) electrons. The van der Waals surface area contributed by atoms with Crippen molar-refractivity contribution in [1.82, 2.24) is 34.7 Å². The summed E-state index contributed by atoms with van der Waals surface area (Å²) in [6, 6.07) is 9.53. The van der Waals surface area contributed by atoms with Gasteiger partial charge in [0.15, 0.2) is 5.65 Å². The molecule has 1 fully saturated rings. The Morgan fingerprint density at radius 1 is 1.18 bits per heavy atom.